The van der Waals surface area contributed by atoms with Crippen LogP contribution >= 0.6 is 14.6 Å². The van der Waals surface area contributed by atoms with Crippen molar-refractivity contribution >= 4 is 35.8 Å². The molecule has 0 aliphatic rings. The molecule has 236 valence electrons. The SMILES string of the molecule is O=P(c1ccccc1)(c1ccccc1)N(CCCN(Cc1ccccc1)P(=O)(c1ccccc1)c1ccccc1)Cc1ccccc1. The highest BCUT2D eigenvalue weighted by Crippen LogP contribution is 2.50. The van der Waals surface area contributed by atoms with Gasteiger partial charge in [-0.3, -0.25) is 9.13 Å². The molecule has 0 aromatic heterocycles. The molecule has 0 saturated heterocycles. The van der Waals surface area contributed by atoms with Gasteiger partial charge in [0.05, 0.1) is 0 Å². The van der Waals surface area contributed by atoms with Crippen LogP contribution in [0.25, 0.3) is 0 Å². The number of hydrogen-bond acceptors (Lipinski definition) is 2. The summed E-state index contributed by atoms with van der Waals surface area (Å²) in [6.07, 6.45) is 0.660. The molecule has 6 heteroatoms. The lowest BCUT2D eigenvalue weighted by Gasteiger charge is -2.35. The van der Waals surface area contributed by atoms with Crippen molar-refractivity contribution in [3.63, 3.8) is 0 Å². The number of rotatable bonds is 14. The van der Waals surface area contributed by atoms with Gasteiger partial charge < -0.3 is 0 Å². The molecular formula is C41H40N2O2P2. The van der Waals surface area contributed by atoms with E-state index in [-0.39, 0.29) is 0 Å². The van der Waals surface area contributed by atoms with E-state index in [9.17, 15) is 0 Å². The topological polar surface area (TPSA) is 40.6 Å². The van der Waals surface area contributed by atoms with Gasteiger partial charge in [-0.2, -0.15) is 0 Å². The predicted octanol–water partition coefficient (Wildman–Crippen LogP) is 8.24. The van der Waals surface area contributed by atoms with E-state index in [1.807, 2.05) is 158 Å². The summed E-state index contributed by atoms with van der Waals surface area (Å²) in [5.74, 6) is 0. The number of benzene rings is 6. The highest BCUT2D eigenvalue weighted by molar-refractivity contribution is 7.77. The van der Waals surface area contributed by atoms with Crippen molar-refractivity contribution in [2.75, 3.05) is 13.1 Å². The van der Waals surface area contributed by atoms with Crippen molar-refractivity contribution in [3.05, 3.63) is 193 Å². The maximum absolute atomic E-state index is 15.6. The smallest absolute Gasteiger partial charge is 0.207 e. The van der Waals surface area contributed by atoms with Crippen LogP contribution in [0.1, 0.15) is 17.5 Å². The van der Waals surface area contributed by atoms with Crippen molar-refractivity contribution in [3.8, 4) is 0 Å². The van der Waals surface area contributed by atoms with Crippen LogP contribution in [-0.2, 0) is 22.2 Å². The van der Waals surface area contributed by atoms with Gasteiger partial charge in [0, 0.05) is 47.4 Å². The lowest BCUT2D eigenvalue weighted by Crippen LogP contribution is -2.36. The van der Waals surface area contributed by atoms with E-state index in [1.54, 1.807) is 0 Å². The number of hydrogen-bond donors (Lipinski definition) is 0. The maximum Gasteiger partial charge on any atom is 0.207 e. The van der Waals surface area contributed by atoms with Crippen LogP contribution in [0.5, 0.6) is 0 Å². The summed E-state index contributed by atoms with van der Waals surface area (Å²) in [5.41, 5.74) is 2.19. The van der Waals surface area contributed by atoms with Gasteiger partial charge in [0.1, 0.15) is 0 Å². The van der Waals surface area contributed by atoms with Crippen LogP contribution in [0, 0.1) is 0 Å². The Morgan fingerprint density at radius 1 is 0.340 bits per heavy atom. The fourth-order valence-electron chi connectivity index (χ4n) is 6.13. The Morgan fingerprint density at radius 3 is 0.830 bits per heavy atom. The van der Waals surface area contributed by atoms with E-state index in [0.717, 1.165) is 32.3 Å². The van der Waals surface area contributed by atoms with Gasteiger partial charge >= 0.3 is 0 Å². The van der Waals surface area contributed by atoms with Gasteiger partial charge in [0.25, 0.3) is 0 Å². The zero-order chi connectivity index (χ0) is 32.4. The zero-order valence-corrected chi connectivity index (χ0v) is 28.3. The second-order valence-electron chi connectivity index (χ2n) is 11.6. The van der Waals surface area contributed by atoms with Crippen LogP contribution in [0.4, 0.5) is 0 Å². The standard InChI is InChI=1S/C41H40N2O2P2/c44-46(38-24-11-3-12-25-38,39-26-13-4-14-27-39)42(34-36-20-7-1-8-21-36)32-19-33-43(35-37-22-9-2-10-23-37)47(45,40-28-15-5-16-29-40)41-30-17-6-18-31-41/h1-18,20-31H,19,32-35H2. The lowest BCUT2D eigenvalue weighted by molar-refractivity contribution is 0.359. The fraction of sp³-hybridized carbons (Fsp3) is 0.122. The van der Waals surface area contributed by atoms with E-state index in [4.69, 9.17) is 0 Å². The molecule has 0 saturated carbocycles. The first-order valence-corrected chi connectivity index (χ1v) is 19.4. The molecule has 0 unspecified atom stereocenters. The summed E-state index contributed by atoms with van der Waals surface area (Å²) in [6, 6.07) is 59.9. The van der Waals surface area contributed by atoms with Gasteiger partial charge in [-0.05, 0) is 66.1 Å². The molecule has 0 aliphatic heterocycles. The molecule has 0 spiro atoms. The second kappa shape index (κ2) is 15.5. The monoisotopic (exact) mass is 654 g/mol. The summed E-state index contributed by atoms with van der Waals surface area (Å²) in [7, 11) is -6.47. The molecule has 6 rings (SSSR count). The van der Waals surface area contributed by atoms with Crippen molar-refractivity contribution in [1.29, 1.82) is 0 Å². The third kappa shape index (κ3) is 7.49. The van der Waals surface area contributed by atoms with E-state index < -0.39 is 14.6 Å². The predicted molar refractivity (Wildman–Crippen MR) is 198 cm³/mol. The average molecular weight is 655 g/mol. The normalized spacial score (nSPS) is 12.0. The third-order valence-electron chi connectivity index (χ3n) is 8.47. The molecule has 0 amide bonds. The van der Waals surface area contributed by atoms with E-state index >= 15 is 9.13 Å². The minimum absolute atomic E-state index is 0.523. The van der Waals surface area contributed by atoms with Gasteiger partial charge in [0.15, 0.2) is 0 Å². The fourth-order valence-corrected chi connectivity index (χ4v) is 11.9. The quantitative estimate of drug-likeness (QED) is 0.111. The lowest BCUT2D eigenvalue weighted by atomic mass is 10.2. The summed E-state index contributed by atoms with van der Waals surface area (Å²) >= 11 is 0. The molecule has 6 aromatic carbocycles. The summed E-state index contributed by atoms with van der Waals surface area (Å²) in [6.45, 7) is 2.14. The Morgan fingerprint density at radius 2 is 0.574 bits per heavy atom. The largest absolute Gasteiger partial charge is 0.296 e. The van der Waals surface area contributed by atoms with E-state index in [1.165, 1.54) is 0 Å². The molecule has 0 fully saturated rings. The molecule has 4 nitrogen and oxygen atoms in total. The molecule has 0 N–H and O–H groups in total. The summed E-state index contributed by atoms with van der Waals surface area (Å²) in [4.78, 5) is 0. The molecule has 6 aromatic rings. The Labute approximate surface area is 279 Å². The molecule has 0 aliphatic carbocycles. The van der Waals surface area contributed by atoms with Crippen LogP contribution in [0.3, 0.4) is 0 Å². The molecule has 0 heterocycles. The second-order valence-corrected chi connectivity index (χ2v) is 17.1. The molecular weight excluding hydrogens is 614 g/mol. The third-order valence-corrected chi connectivity index (χ3v) is 14.7. The zero-order valence-electron chi connectivity index (χ0n) is 26.5. The maximum atomic E-state index is 15.6. The first kappa shape index (κ1) is 32.6. The summed E-state index contributed by atoms with van der Waals surface area (Å²) in [5, 5.41) is 3.23. The molecule has 0 bridgehead atoms. The van der Waals surface area contributed by atoms with Crippen molar-refractivity contribution in [1.82, 2.24) is 9.34 Å². The van der Waals surface area contributed by atoms with Crippen molar-refractivity contribution in [2.24, 2.45) is 0 Å². The number of nitrogens with zero attached hydrogens (tertiary/aromatic N) is 2. The van der Waals surface area contributed by atoms with Crippen LogP contribution < -0.4 is 21.2 Å². The minimum atomic E-state index is -3.24. The van der Waals surface area contributed by atoms with Crippen molar-refractivity contribution < 1.29 is 9.13 Å². The molecule has 0 radical (unpaired) electrons. The van der Waals surface area contributed by atoms with E-state index in [2.05, 4.69) is 33.6 Å². The van der Waals surface area contributed by atoms with Crippen LogP contribution in [-0.4, -0.2) is 22.4 Å². The minimum Gasteiger partial charge on any atom is -0.296 e. The van der Waals surface area contributed by atoms with Gasteiger partial charge in [0.2, 0.25) is 14.6 Å². The van der Waals surface area contributed by atoms with Crippen LogP contribution in [0.15, 0.2) is 182 Å². The van der Waals surface area contributed by atoms with Gasteiger partial charge in [-0.1, -0.05) is 133 Å². The van der Waals surface area contributed by atoms with E-state index in [0.29, 0.717) is 32.6 Å². The molecule has 0 atom stereocenters. The Kier molecular flexibility index (Phi) is 10.8. The first-order chi connectivity index (χ1) is 23.1. The molecule has 47 heavy (non-hydrogen) atoms. The highest BCUT2D eigenvalue weighted by Gasteiger charge is 2.37. The highest BCUT2D eigenvalue weighted by atomic mass is 31.2. The Hall–Kier alpha value is -4.30. The average Bonchev–Trinajstić information content (AvgIpc) is 3.15. The van der Waals surface area contributed by atoms with Gasteiger partial charge in [-0.25, -0.2) is 9.34 Å². The van der Waals surface area contributed by atoms with Crippen molar-refractivity contribution in [2.45, 2.75) is 19.5 Å². The Bertz CT molecular complexity index is 1680. The van der Waals surface area contributed by atoms with Gasteiger partial charge in [-0.15, -0.1) is 0 Å². The first-order valence-electron chi connectivity index (χ1n) is 16.1. The Balaban J connectivity index is 1.39. The van der Waals surface area contributed by atoms with Crippen LogP contribution in [0.2, 0.25) is 0 Å². The summed E-state index contributed by atoms with van der Waals surface area (Å²) < 4.78 is 35.5.